The highest BCUT2D eigenvalue weighted by Crippen LogP contribution is 2.13. The van der Waals surface area contributed by atoms with Crippen molar-refractivity contribution in [3.8, 4) is 0 Å². The van der Waals surface area contributed by atoms with Gasteiger partial charge in [-0.25, -0.2) is 4.39 Å². The smallest absolute Gasteiger partial charge is 0.309 e. The molecule has 1 N–H and O–H groups in total. The molecule has 0 aliphatic carbocycles. The summed E-state index contributed by atoms with van der Waals surface area (Å²) in [6.07, 6.45) is 0. The lowest BCUT2D eigenvalue weighted by molar-refractivity contribution is -0.147. The van der Waals surface area contributed by atoms with Crippen LogP contribution >= 0.6 is 0 Å². The molecular weight excluding hydrogens is 233 g/mol. The number of nitrogens with one attached hydrogen (secondary N) is 1. The Morgan fingerprint density at radius 3 is 2.78 bits per heavy atom. The summed E-state index contributed by atoms with van der Waals surface area (Å²) in [7, 11) is 0. The minimum atomic E-state index is -0.250. The predicted molar refractivity (Wildman–Crippen MR) is 68.6 cm³/mol. The van der Waals surface area contributed by atoms with Crippen LogP contribution in [0.2, 0.25) is 0 Å². The summed E-state index contributed by atoms with van der Waals surface area (Å²) in [5.74, 6) is -0.669. The first-order chi connectivity index (χ1) is 8.54. The summed E-state index contributed by atoms with van der Waals surface area (Å²) < 4.78 is 18.0. The van der Waals surface area contributed by atoms with Gasteiger partial charge in [0.1, 0.15) is 5.82 Å². The number of halogens is 1. The van der Waals surface area contributed by atoms with Crippen molar-refractivity contribution in [3.63, 3.8) is 0 Å². The zero-order chi connectivity index (χ0) is 13.5. The fourth-order valence-corrected chi connectivity index (χ4v) is 1.62. The zero-order valence-corrected chi connectivity index (χ0v) is 11.1. The maximum Gasteiger partial charge on any atom is 0.309 e. The van der Waals surface area contributed by atoms with Gasteiger partial charge < -0.3 is 10.1 Å². The Kier molecular flexibility index (Phi) is 5.78. The Morgan fingerprint density at radius 2 is 2.17 bits per heavy atom. The number of benzene rings is 1. The largest absolute Gasteiger partial charge is 0.466 e. The Morgan fingerprint density at radius 1 is 1.44 bits per heavy atom. The van der Waals surface area contributed by atoms with Crippen LogP contribution in [0, 0.1) is 11.7 Å². The van der Waals surface area contributed by atoms with Crippen LogP contribution in [0.1, 0.15) is 32.4 Å². The van der Waals surface area contributed by atoms with Crippen LogP contribution in [-0.2, 0) is 9.53 Å². The third-order valence-electron chi connectivity index (χ3n) is 2.77. The quantitative estimate of drug-likeness (QED) is 0.792. The number of esters is 1. The lowest BCUT2D eigenvalue weighted by Crippen LogP contribution is -2.29. The third kappa shape index (κ3) is 4.45. The van der Waals surface area contributed by atoms with E-state index in [2.05, 4.69) is 5.32 Å². The van der Waals surface area contributed by atoms with Gasteiger partial charge in [0.15, 0.2) is 0 Å². The molecule has 4 heteroatoms. The summed E-state index contributed by atoms with van der Waals surface area (Å²) in [5.41, 5.74) is 0.867. The lowest BCUT2D eigenvalue weighted by Gasteiger charge is -2.17. The molecule has 0 saturated carbocycles. The summed E-state index contributed by atoms with van der Waals surface area (Å²) in [5, 5.41) is 3.20. The van der Waals surface area contributed by atoms with Crippen LogP contribution in [0.4, 0.5) is 4.39 Å². The molecule has 0 bridgehead atoms. The second kappa shape index (κ2) is 7.11. The summed E-state index contributed by atoms with van der Waals surface area (Å²) in [6, 6.07) is 6.44. The third-order valence-corrected chi connectivity index (χ3v) is 2.77. The molecule has 1 aromatic rings. The average molecular weight is 253 g/mol. The van der Waals surface area contributed by atoms with Crippen LogP contribution in [0.25, 0.3) is 0 Å². The highest BCUT2D eigenvalue weighted by Gasteiger charge is 2.15. The minimum absolute atomic E-state index is 0.00224. The van der Waals surface area contributed by atoms with Gasteiger partial charge in [0.05, 0.1) is 12.5 Å². The molecule has 0 spiro atoms. The molecule has 0 saturated heterocycles. The molecule has 18 heavy (non-hydrogen) atoms. The molecule has 0 aliphatic rings. The molecule has 2 unspecified atom stereocenters. The molecule has 0 heterocycles. The first-order valence-electron chi connectivity index (χ1n) is 6.20. The molecule has 2 atom stereocenters. The van der Waals surface area contributed by atoms with Crippen molar-refractivity contribution >= 4 is 5.97 Å². The Bertz CT molecular complexity index is 395. The van der Waals surface area contributed by atoms with Gasteiger partial charge >= 0.3 is 5.97 Å². The van der Waals surface area contributed by atoms with Crippen molar-refractivity contribution in [2.24, 2.45) is 5.92 Å². The van der Waals surface area contributed by atoms with E-state index in [0.717, 1.165) is 5.56 Å². The van der Waals surface area contributed by atoms with Gasteiger partial charge in [0.2, 0.25) is 0 Å². The fourth-order valence-electron chi connectivity index (χ4n) is 1.62. The van der Waals surface area contributed by atoms with Gasteiger partial charge in [-0.3, -0.25) is 4.79 Å². The van der Waals surface area contributed by atoms with Crippen molar-refractivity contribution in [3.05, 3.63) is 35.6 Å². The summed E-state index contributed by atoms with van der Waals surface area (Å²) in [6.45, 7) is 6.43. The van der Waals surface area contributed by atoms with Gasteiger partial charge in [-0.15, -0.1) is 0 Å². The minimum Gasteiger partial charge on any atom is -0.466 e. The summed E-state index contributed by atoms with van der Waals surface area (Å²) >= 11 is 0. The number of carbonyl (C=O) groups is 1. The highest BCUT2D eigenvalue weighted by atomic mass is 19.1. The maximum absolute atomic E-state index is 13.1. The van der Waals surface area contributed by atoms with Gasteiger partial charge in [0, 0.05) is 12.6 Å². The number of hydrogen-bond acceptors (Lipinski definition) is 3. The summed E-state index contributed by atoms with van der Waals surface area (Å²) in [4.78, 5) is 11.4. The van der Waals surface area contributed by atoms with E-state index in [1.165, 1.54) is 12.1 Å². The van der Waals surface area contributed by atoms with E-state index in [4.69, 9.17) is 4.74 Å². The van der Waals surface area contributed by atoms with Crippen molar-refractivity contribution < 1.29 is 13.9 Å². The van der Waals surface area contributed by atoms with E-state index in [1.54, 1.807) is 13.0 Å². The molecule has 0 amide bonds. The zero-order valence-electron chi connectivity index (χ0n) is 11.1. The second-order valence-corrected chi connectivity index (χ2v) is 4.34. The van der Waals surface area contributed by atoms with Gasteiger partial charge in [-0.2, -0.15) is 0 Å². The van der Waals surface area contributed by atoms with Crippen molar-refractivity contribution in [1.29, 1.82) is 0 Å². The van der Waals surface area contributed by atoms with Crippen molar-refractivity contribution in [2.75, 3.05) is 13.2 Å². The van der Waals surface area contributed by atoms with E-state index >= 15 is 0 Å². The van der Waals surface area contributed by atoms with E-state index in [9.17, 15) is 9.18 Å². The van der Waals surface area contributed by atoms with Crippen LogP contribution < -0.4 is 5.32 Å². The first kappa shape index (κ1) is 14.6. The van der Waals surface area contributed by atoms with Crippen LogP contribution in [-0.4, -0.2) is 19.1 Å². The Hall–Kier alpha value is -1.42. The number of ether oxygens (including phenoxy) is 1. The predicted octanol–water partition coefficient (Wildman–Crippen LogP) is 2.68. The molecule has 100 valence electrons. The molecular formula is C14H20FNO2. The number of rotatable bonds is 6. The molecule has 0 aliphatic heterocycles. The fraction of sp³-hybridized carbons (Fsp3) is 0.500. The first-order valence-corrected chi connectivity index (χ1v) is 6.20. The second-order valence-electron chi connectivity index (χ2n) is 4.34. The van der Waals surface area contributed by atoms with E-state index in [-0.39, 0.29) is 23.7 Å². The molecule has 0 radical (unpaired) electrons. The van der Waals surface area contributed by atoms with E-state index in [0.29, 0.717) is 13.2 Å². The average Bonchev–Trinajstić information content (AvgIpc) is 2.35. The number of carbonyl (C=O) groups excluding carboxylic acids is 1. The van der Waals surface area contributed by atoms with Crippen LogP contribution in [0.3, 0.4) is 0 Å². The maximum atomic E-state index is 13.1. The Balaban J connectivity index is 2.46. The SMILES string of the molecule is CCOC(=O)C(C)CNC(C)c1cccc(F)c1. The Labute approximate surface area is 107 Å². The molecule has 1 rings (SSSR count). The van der Waals surface area contributed by atoms with E-state index < -0.39 is 0 Å². The topological polar surface area (TPSA) is 38.3 Å². The highest BCUT2D eigenvalue weighted by molar-refractivity contribution is 5.72. The standard InChI is InChI=1S/C14H20FNO2/c1-4-18-14(17)10(2)9-16-11(3)12-6-5-7-13(15)8-12/h5-8,10-11,16H,4,9H2,1-3H3. The van der Waals surface area contributed by atoms with Crippen LogP contribution in [0.5, 0.6) is 0 Å². The van der Waals surface area contributed by atoms with Gasteiger partial charge in [0.25, 0.3) is 0 Å². The monoisotopic (exact) mass is 253 g/mol. The lowest BCUT2D eigenvalue weighted by atomic mass is 10.1. The molecule has 0 aromatic heterocycles. The molecule has 1 aromatic carbocycles. The molecule has 0 fully saturated rings. The number of hydrogen-bond donors (Lipinski definition) is 1. The van der Waals surface area contributed by atoms with Crippen LogP contribution in [0.15, 0.2) is 24.3 Å². The van der Waals surface area contributed by atoms with E-state index in [1.807, 2.05) is 19.9 Å². The molecule has 3 nitrogen and oxygen atoms in total. The van der Waals surface area contributed by atoms with Crippen molar-refractivity contribution in [2.45, 2.75) is 26.8 Å². The van der Waals surface area contributed by atoms with Gasteiger partial charge in [-0.05, 0) is 31.5 Å². The van der Waals surface area contributed by atoms with Gasteiger partial charge in [-0.1, -0.05) is 19.1 Å². The normalized spacial score (nSPS) is 14.0. The van der Waals surface area contributed by atoms with Crippen molar-refractivity contribution in [1.82, 2.24) is 5.32 Å².